The Kier molecular flexibility index (Phi) is 6.04. The SMILES string of the molecule is CCCNC(c1ccc(CC)cc1)c1ncc(Cl)cc1Cl. The summed E-state index contributed by atoms with van der Waals surface area (Å²) >= 11 is 12.3. The van der Waals surface area contributed by atoms with E-state index in [0.29, 0.717) is 10.0 Å². The largest absolute Gasteiger partial charge is 0.305 e. The molecule has 2 aromatic rings. The molecule has 1 unspecified atom stereocenters. The van der Waals surface area contributed by atoms with Crippen LogP contribution in [0, 0.1) is 0 Å². The summed E-state index contributed by atoms with van der Waals surface area (Å²) in [4.78, 5) is 4.42. The van der Waals surface area contributed by atoms with E-state index in [4.69, 9.17) is 23.2 Å². The van der Waals surface area contributed by atoms with Crippen molar-refractivity contribution in [1.82, 2.24) is 10.3 Å². The van der Waals surface area contributed by atoms with Gasteiger partial charge in [-0.05, 0) is 36.6 Å². The van der Waals surface area contributed by atoms with E-state index < -0.39 is 0 Å². The predicted octanol–water partition coefficient (Wildman–Crippen LogP) is 5.04. The van der Waals surface area contributed by atoms with Crippen LogP contribution in [0.5, 0.6) is 0 Å². The van der Waals surface area contributed by atoms with E-state index in [1.807, 2.05) is 0 Å². The molecule has 1 atom stereocenters. The van der Waals surface area contributed by atoms with Gasteiger partial charge in [0, 0.05) is 6.20 Å². The first-order valence-corrected chi connectivity index (χ1v) is 8.04. The molecular formula is C17H20Cl2N2. The molecule has 1 heterocycles. The summed E-state index contributed by atoms with van der Waals surface area (Å²) in [6.45, 7) is 5.20. The van der Waals surface area contributed by atoms with Crippen LogP contribution >= 0.6 is 23.2 Å². The second-order valence-electron chi connectivity index (χ2n) is 5.00. The fraction of sp³-hybridized carbons (Fsp3) is 0.353. The molecule has 2 rings (SSSR count). The molecule has 0 saturated carbocycles. The molecule has 1 aromatic carbocycles. The first-order valence-electron chi connectivity index (χ1n) is 7.28. The van der Waals surface area contributed by atoms with Gasteiger partial charge < -0.3 is 5.32 Å². The predicted molar refractivity (Wildman–Crippen MR) is 90.2 cm³/mol. The third-order valence-electron chi connectivity index (χ3n) is 3.43. The number of aryl methyl sites for hydroxylation is 1. The molecule has 0 aliphatic carbocycles. The highest BCUT2D eigenvalue weighted by molar-refractivity contribution is 6.34. The molecular weight excluding hydrogens is 303 g/mol. The van der Waals surface area contributed by atoms with Crippen molar-refractivity contribution >= 4 is 23.2 Å². The number of nitrogens with one attached hydrogen (secondary N) is 1. The molecule has 2 nitrogen and oxygen atoms in total. The molecule has 0 spiro atoms. The van der Waals surface area contributed by atoms with Crippen molar-refractivity contribution in [2.75, 3.05) is 6.54 Å². The van der Waals surface area contributed by atoms with Gasteiger partial charge in [-0.2, -0.15) is 0 Å². The standard InChI is InChI=1S/C17H20Cl2N2/c1-3-9-20-16(13-7-5-12(4-2)6-8-13)17-15(19)10-14(18)11-21-17/h5-8,10-11,16,20H,3-4,9H2,1-2H3. The minimum Gasteiger partial charge on any atom is -0.305 e. The van der Waals surface area contributed by atoms with Crippen molar-refractivity contribution in [2.24, 2.45) is 0 Å². The Morgan fingerprint density at radius 2 is 1.86 bits per heavy atom. The maximum absolute atomic E-state index is 6.32. The summed E-state index contributed by atoms with van der Waals surface area (Å²) in [6, 6.07) is 10.3. The van der Waals surface area contributed by atoms with Gasteiger partial charge in [0.15, 0.2) is 0 Å². The Labute approximate surface area is 136 Å². The minimum atomic E-state index is -0.0133. The highest BCUT2D eigenvalue weighted by Crippen LogP contribution is 2.28. The van der Waals surface area contributed by atoms with Crippen LogP contribution in [-0.2, 0) is 6.42 Å². The van der Waals surface area contributed by atoms with Gasteiger partial charge in [-0.3, -0.25) is 4.98 Å². The Morgan fingerprint density at radius 1 is 1.14 bits per heavy atom. The number of pyridine rings is 1. The molecule has 0 bridgehead atoms. The van der Waals surface area contributed by atoms with Crippen LogP contribution in [0.2, 0.25) is 10.0 Å². The zero-order valence-electron chi connectivity index (χ0n) is 12.4. The van der Waals surface area contributed by atoms with Gasteiger partial charge in [-0.25, -0.2) is 0 Å². The van der Waals surface area contributed by atoms with Gasteiger partial charge in [-0.15, -0.1) is 0 Å². The number of halogens is 2. The molecule has 0 saturated heterocycles. The second kappa shape index (κ2) is 7.79. The fourth-order valence-corrected chi connectivity index (χ4v) is 2.73. The summed E-state index contributed by atoms with van der Waals surface area (Å²) in [7, 11) is 0. The molecule has 0 aliphatic rings. The highest BCUT2D eigenvalue weighted by atomic mass is 35.5. The molecule has 1 aromatic heterocycles. The van der Waals surface area contributed by atoms with Gasteiger partial charge >= 0.3 is 0 Å². The Bertz CT molecular complexity index is 582. The van der Waals surface area contributed by atoms with Crippen LogP contribution in [-0.4, -0.2) is 11.5 Å². The summed E-state index contributed by atoms with van der Waals surface area (Å²) in [5.74, 6) is 0. The molecule has 0 fully saturated rings. The number of hydrogen-bond donors (Lipinski definition) is 1. The maximum Gasteiger partial charge on any atom is 0.0805 e. The second-order valence-corrected chi connectivity index (χ2v) is 5.85. The summed E-state index contributed by atoms with van der Waals surface area (Å²) in [5, 5.41) is 4.66. The average Bonchev–Trinajstić information content (AvgIpc) is 2.50. The van der Waals surface area contributed by atoms with E-state index in [0.717, 1.165) is 30.6 Å². The lowest BCUT2D eigenvalue weighted by molar-refractivity contribution is 0.586. The third kappa shape index (κ3) is 4.19. The lowest BCUT2D eigenvalue weighted by Crippen LogP contribution is -2.24. The normalized spacial score (nSPS) is 12.4. The fourth-order valence-electron chi connectivity index (χ4n) is 2.24. The molecule has 4 heteroatoms. The average molecular weight is 323 g/mol. The Balaban J connectivity index is 2.36. The van der Waals surface area contributed by atoms with Gasteiger partial charge in [0.25, 0.3) is 0 Å². The van der Waals surface area contributed by atoms with Crippen molar-refractivity contribution in [3.8, 4) is 0 Å². The monoisotopic (exact) mass is 322 g/mol. The lowest BCUT2D eigenvalue weighted by atomic mass is 10.0. The smallest absolute Gasteiger partial charge is 0.0805 e. The van der Waals surface area contributed by atoms with E-state index in [2.05, 4.69) is 48.4 Å². The number of nitrogens with zero attached hydrogens (tertiary/aromatic N) is 1. The number of rotatable bonds is 6. The molecule has 112 valence electrons. The van der Waals surface area contributed by atoms with E-state index in [1.54, 1.807) is 12.3 Å². The van der Waals surface area contributed by atoms with E-state index in [-0.39, 0.29) is 6.04 Å². The lowest BCUT2D eigenvalue weighted by Gasteiger charge is -2.20. The maximum atomic E-state index is 6.32. The van der Waals surface area contributed by atoms with Gasteiger partial charge in [0.1, 0.15) is 0 Å². The molecule has 1 N–H and O–H groups in total. The van der Waals surface area contributed by atoms with Crippen molar-refractivity contribution < 1.29 is 0 Å². The van der Waals surface area contributed by atoms with Crippen molar-refractivity contribution in [3.63, 3.8) is 0 Å². The minimum absolute atomic E-state index is 0.0133. The number of hydrogen-bond acceptors (Lipinski definition) is 2. The van der Waals surface area contributed by atoms with Crippen LogP contribution in [0.15, 0.2) is 36.5 Å². The van der Waals surface area contributed by atoms with Crippen molar-refractivity contribution in [3.05, 3.63) is 63.4 Å². The number of benzene rings is 1. The Hall–Kier alpha value is -1.09. The zero-order valence-corrected chi connectivity index (χ0v) is 13.9. The van der Waals surface area contributed by atoms with Crippen molar-refractivity contribution in [1.29, 1.82) is 0 Å². The topological polar surface area (TPSA) is 24.9 Å². The summed E-state index contributed by atoms with van der Waals surface area (Å²) in [6.07, 6.45) is 3.73. The van der Waals surface area contributed by atoms with E-state index >= 15 is 0 Å². The molecule has 0 aliphatic heterocycles. The molecule has 0 amide bonds. The van der Waals surface area contributed by atoms with Crippen LogP contribution < -0.4 is 5.32 Å². The van der Waals surface area contributed by atoms with E-state index in [9.17, 15) is 0 Å². The summed E-state index contributed by atoms with van der Waals surface area (Å²) < 4.78 is 0. The Morgan fingerprint density at radius 3 is 2.43 bits per heavy atom. The molecule has 0 radical (unpaired) electrons. The van der Waals surface area contributed by atoms with Gasteiger partial charge in [0.05, 0.1) is 21.8 Å². The highest BCUT2D eigenvalue weighted by Gasteiger charge is 2.18. The van der Waals surface area contributed by atoms with Crippen LogP contribution in [0.1, 0.15) is 43.1 Å². The number of aromatic nitrogens is 1. The van der Waals surface area contributed by atoms with Gasteiger partial charge in [-0.1, -0.05) is 61.3 Å². The summed E-state index contributed by atoms with van der Waals surface area (Å²) in [5.41, 5.74) is 3.30. The third-order valence-corrected chi connectivity index (χ3v) is 3.94. The van der Waals surface area contributed by atoms with E-state index in [1.165, 1.54) is 5.56 Å². The van der Waals surface area contributed by atoms with Crippen LogP contribution in [0.25, 0.3) is 0 Å². The van der Waals surface area contributed by atoms with Crippen LogP contribution in [0.4, 0.5) is 0 Å². The first-order chi connectivity index (χ1) is 10.2. The molecule has 21 heavy (non-hydrogen) atoms. The van der Waals surface area contributed by atoms with Gasteiger partial charge in [0.2, 0.25) is 0 Å². The first kappa shape index (κ1) is 16.3. The zero-order chi connectivity index (χ0) is 15.2. The van der Waals surface area contributed by atoms with Crippen LogP contribution in [0.3, 0.4) is 0 Å². The van der Waals surface area contributed by atoms with Crippen molar-refractivity contribution in [2.45, 2.75) is 32.7 Å². The quantitative estimate of drug-likeness (QED) is 0.805.